The minimum Gasteiger partial charge on any atom is -0.354 e. The minimum absolute atomic E-state index is 0.166. The van der Waals surface area contributed by atoms with Crippen molar-refractivity contribution in [2.75, 3.05) is 19.6 Å². The number of aromatic nitrogens is 3. The summed E-state index contributed by atoms with van der Waals surface area (Å²) in [5, 5.41) is 7.23. The van der Waals surface area contributed by atoms with Crippen LogP contribution < -0.4 is 5.32 Å². The van der Waals surface area contributed by atoms with Crippen LogP contribution in [0.25, 0.3) is 11.4 Å². The van der Waals surface area contributed by atoms with E-state index in [1.807, 2.05) is 0 Å². The number of rotatable bonds is 8. The van der Waals surface area contributed by atoms with Crippen molar-refractivity contribution in [1.82, 2.24) is 25.3 Å². The third kappa shape index (κ3) is 5.26. The molecule has 3 heterocycles. The van der Waals surface area contributed by atoms with E-state index < -0.39 is 0 Å². The van der Waals surface area contributed by atoms with Gasteiger partial charge in [-0.25, -0.2) is 4.39 Å². The molecule has 1 atom stereocenters. The third-order valence-corrected chi connectivity index (χ3v) is 5.71. The highest BCUT2D eigenvalue weighted by atomic mass is 35.5. The molecule has 0 radical (unpaired) electrons. The van der Waals surface area contributed by atoms with Gasteiger partial charge in [0.1, 0.15) is 5.82 Å². The van der Waals surface area contributed by atoms with E-state index in [0.717, 1.165) is 31.5 Å². The number of nitrogens with zero attached hydrogens (tertiary/aromatic N) is 4. The van der Waals surface area contributed by atoms with Gasteiger partial charge in [-0.15, -0.1) is 0 Å². The molecule has 0 saturated carbocycles. The molecule has 1 aliphatic heterocycles. The van der Waals surface area contributed by atoms with E-state index in [-0.39, 0.29) is 30.7 Å². The van der Waals surface area contributed by atoms with Crippen LogP contribution in [0.5, 0.6) is 0 Å². The molecule has 162 valence electrons. The molecule has 2 aromatic heterocycles. The summed E-state index contributed by atoms with van der Waals surface area (Å²) in [6.07, 6.45) is 5.91. The maximum atomic E-state index is 14.5. The molecule has 3 aromatic rings. The maximum Gasteiger partial charge on any atom is 0.227 e. The molecule has 7 nitrogen and oxygen atoms in total. The summed E-state index contributed by atoms with van der Waals surface area (Å²) in [6.45, 7) is 1.99. The number of carbonyl (C=O) groups excluding carboxylic acids is 1. The quantitative estimate of drug-likeness (QED) is 0.570. The predicted molar refractivity (Wildman–Crippen MR) is 114 cm³/mol. The van der Waals surface area contributed by atoms with Gasteiger partial charge in [0, 0.05) is 47.9 Å². The van der Waals surface area contributed by atoms with Crippen molar-refractivity contribution in [2.45, 2.75) is 31.7 Å². The maximum absolute atomic E-state index is 14.5. The van der Waals surface area contributed by atoms with Gasteiger partial charge in [-0.1, -0.05) is 22.8 Å². The first kappa shape index (κ1) is 21.4. The first-order valence-electron chi connectivity index (χ1n) is 10.3. The molecule has 31 heavy (non-hydrogen) atoms. The number of nitrogens with one attached hydrogen (secondary N) is 1. The number of amides is 1. The lowest BCUT2D eigenvalue weighted by Gasteiger charge is -2.29. The highest BCUT2D eigenvalue weighted by molar-refractivity contribution is 6.31. The lowest BCUT2D eigenvalue weighted by Crippen LogP contribution is -2.37. The fourth-order valence-corrected chi connectivity index (χ4v) is 4.08. The normalized spacial score (nSPS) is 15.2. The Morgan fingerprint density at radius 3 is 2.74 bits per heavy atom. The largest absolute Gasteiger partial charge is 0.354 e. The average molecular weight is 444 g/mol. The van der Waals surface area contributed by atoms with Crippen molar-refractivity contribution >= 4 is 17.5 Å². The second-order valence-electron chi connectivity index (χ2n) is 7.45. The van der Waals surface area contributed by atoms with E-state index in [1.165, 1.54) is 6.07 Å². The summed E-state index contributed by atoms with van der Waals surface area (Å²) in [7, 11) is 0. The molecule has 4 rings (SSSR count). The monoisotopic (exact) mass is 443 g/mol. The number of likely N-dealkylation sites (tertiary alicyclic amines) is 1. The summed E-state index contributed by atoms with van der Waals surface area (Å²) in [5.41, 5.74) is 1.23. The van der Waals surface area contributed by atoms with Crippen molar-refractivity contribution in [1.29, 1.82) is 0 Å². The van der Waals surface area contributed by atoms with Crippen molar-refractivity contribution in [3.05, 3.63) is 65.0 Å². The Bertz CT molecular complexity index is 1000. The molecule has 0 aliphatic carbocycles. The Kier molecular flexibility index (Phi) is 6.89. The summed E-state index contributed by atoms with van der Waals surface area (Å²) in [6, 6.07) is 7.94. The second kappa shape index (κ2) is 9.98. The van der Waals surface area contributed by atoms with Crippen LogP contribution in [0.15, 0.2) is 47.2 Å². The van der Waals surface area contributed by atoms with E-state index in [9.17, 15) is 9.18 Å². The molecule has 0 bridgehead atoms. The van der Waals surface area contributed by atoms with Gasteiger partial charge in [0.05, 0.1) is 6.04 Å². The molecule has 1 unspecified atom stereocenters. The summed E-state index contributed by atoms with van der Waals surface area (Å²) in [4.78, 5) is 22.9. The molecule has 1 amide bonds. The summed E-state index contributed by atoms with van der Waals surface area (Å²) >= 11 is 6.30. The minimum atomic E-state index is -0.354. The van der Waals surface area contributed by atoms with E-state index in [4.69, 9.17) is 16.1 Å². The van der Waals surface area contributed by atoms with Gasteiger partial charge in [-0.3, -0.25) is 14.7 Å². The van der Waals surface area contributed by atoms with Crippen LogP contribution in [0.1, 0.15) is 36.8 Å². The highest BCUT2D eigenvalue weighted by Gasteiger charge is 2.28. The number of hydrogen-bond donors (Lipinski definition) is 1. The van der Waals surface area contributed by atoms with Crippen molar-refractivity contribution in [2.24, 2.45) is 0 Å². The van der Waals surface area contributed by atoms with Gasteiger partial charge in [-0.05, 0) is 50.2 Å². The first-order chi connectivity index (χ1) is 15.1. The number of aryl methyl sites for hydroxylation is 1. The Labute approximate surface area is 184 Å². The number of carbonyl (C=O) groups is 1. The van der Waals surface area contributed by atoms with Crippen molar-refractivity contribution in [3.8, 4) is 11.4 Å². The van der Waals surface area contributed by atoms with Crippen molar-refractivity contribution < 1.29 is 13.7 Å². The van der Waals surface area contributed by atoms with E-state index >= 15 is 0 Å². The Hall–Kier alpha value is -2.84. The van der Waals surface area contributed by atoms with E-state index in [0.29, 0.717) is 28.7 Å². The summed E-state index contributed by atoms with van der Waals surface area (Å²) < 4.78 is 19.8. The Balaban J connectivity index is 1.36. The SMILES string of the molecule is O=C(CCc1nc(-c2ccncc2)no1)NCC(c1c(F)cccc1Cl)N1CCCC1. The van der Waals surface area contributed by atoms with Crippen LogP contribution in [0.4, 0.5) is 4.39 Å². The Morgan fingerprint density at radius 2 is 2.00 bits per heavy atom. The molecule has 1 aliphatic rings. The molecule has 9 heteroatoms. The van der Waals surface area contributed by atoms with Gasteiger partial charge in [-0.2, -0.15) is 4.98 Å². The summed E-state index contributed by atoms with van der Waals surface area (Å²) in [5.74, 6) is 0.324. The predicted octanol–water partition coefficient (Wildman–Crippen LogP) is 3.81. The topological polar surface area (TPSA) is 84.1 Å². The number of benzene rings is 1. The molecule has 1 N–H and O–H groups in total. The van der Waals surface area contributed by atoms with Gasteiger partial charge in [0.15, 0.2) is 0 Å². The average Bonchev–Trinajstić information content (AvgIpc) is 3.47. The zero-order chi connectivity index (χ0) is 21.6. The number of hydrogen-bond acceptors (Lipinski definition) is 6. The first-order valence-corrected chi connectivity index (χ1v) is 10.7. The number of pyridine rings is 1. The molecule has 1 fully saturated rings. The van der Waals surface area contributed by atoms with Gasteiger partial charge in [0.25, 0.3) is 0 Å². The van der Waals surface area contributed by atoms with E-state index in [1.54, 1.807) is 36.7 Å². The second-order valence-corrected chi connectivity index (χ2v) is 7.85. The fourth-order valence-electron chi connectivity index (χ4n) is 3.79. The molecule has 1 saturated heterocycles. The van der Waals surface area contributed by atoms with Crippen LogP contribution in [0, 0.1) is 5.82 Å². The van der Waals surface area contributed by atoms with Gasteiger partial charge in [0.2, 0.25) is 17.6 Å². The van der Waals surface area contributed by atoms with Crippen LogP contribution in [0.2, 0.25) is 5.02 Å². The molecule has 1 aromatic carbocycles. The molecule has 0 spiro atoms. The zero-order valence-corrected chi connectivity index (χ0v) is 17.7. The van der Waals surface area contributed by atoms with Crippen LogP contribution in [0.3, 0.4) is 0 Å². The lowest BCUT2D eigenvalue weighted by atomic mass is 10.0. The van der Waals surface area contributed by atoms with Crippen LogP contribution >= 0.6 is 11.6 Å². The van der Waals surface area contributed by atoms with Gasteiger partial charge < -0.3 is 9.84 Å². The molecular weight excluding hydrogens is 421 g/mol. The lowest BCUT2D eigenvalue weighted by molar-refractivity contribution is -0.121. The smallest absolute Gasteiger partial charge is 0.227 e. The standard InChI is InChI=1S/C22H23ClFN5O2/c23-16-4-3-5-17(24)21(16)18(29-12-1-2-13-29)14-26-19(30)6-7-20-27-22(28-31-20)15-8-10-25-11-9-15/h3-5,8-11,18H,1-2,6-7,12-14H2,(H,26,30). The highest BCUT2D eigenvalue weighted by Crippen LogP contribution is 2.32. The zero-order valence-electron chi connectivity index (χ0n) is 16.9. The van der Waals surface area contributed by atoms with Gasteiger partial charge >= 0.3 is 0 Å². The Morgan fingerprint density at radius 1 is 1.23 bits per heavy atom. The molecular formula is C22H23ClFN5O2. The van der Waals surface area contributed by atoms with Crippen LogP contribution in [-0.2, 0) is 11.2 Å². The van der Waals surface area contributed by atoms with Crippen LogP contribution in [-0.4, -0.2) is 45.6 Å². The third-order valence-electron chi connectivity index (χ3n) is 5.38. The fraction of sp³-hybridized carbons (Fsp3) is 0.364. The number of halogens is 2. The van der Waals surface area contributed by atoms with E-state index in [2.05, 4.69) is 25.3 Å². The van der Waals surface area contributed by atoms with Crippen molar-refractivity contribution in [3.63, 3.8) is 0 Å².